The minimum Gasteiger partial charge on any atom is -0.328 e. The number of nitrogens with zero attached hydrogens (tertiary/aromatic N) is 4. The third kappa shape index (κ3) is 0.876. The van der Waals surface area contributed by atoms with Crippen LogP contribution in [0.4, 0.5) is 0 Å². The van der Waals surface area contributed by atoms with Gasteiger partial charge in [-0.05, 0) is 0 Å². The molecule has 2 rings (SSSR count). The molecule has 2 aromatic rings. The minimum absolute atomic E-state index is 0.0697. The lowest BCUT2D eigenvalue weighted by atomic mass is 10.5. The zero-order valence-corrected chi connectivity index (χ0v) is 6.81. The lowest BCUT2D eigenvalue weighted by Gasteiger charge is -2.02. The highest BCUT2D eigenvalue weighted by molar-refractivity contribution is 5.69. The molecule has 6 nitrogen and oxygen atoms in total. The molecule has 0 saturated heterocycles. The standard InChI is InChI=1S/C8H10N4O2/c1-10-4-9-6-5(10)7(13)12(3)8(14)11(6)2/h4H,1-3H3/i1D,2D3,3D3,4D. The van der Waals surface area contributed by atoms with Gasteiger partial charge in [0.25, 0.3) is 5.56 Å². The van der Waals surface area contributed by atoms with Crippen molar-refractivity contribution in [1.82, 2.24) is 18.7 Å². The Bertz CT molecular complexity index is 855. The Morgan fingerprint density at radius 3 is 2.86 bits per heavy atom. The van der Waals surface area contributed by atoms with Crippen molar-refractivity contribution in [2.24, 2.45) is 21.0 Å². The second-order valence-corrected chi connectivity index (χ2v) is 2.57. The molecule has 2 heterocycles. The molecule has 0 radical (unpaired) electrons. The topological polar surface area (TPSA) is 61.8 Å². The summed E-state index contributed by atoms with van der Waals surface area (Å²) in [4.78, 5) is 27.9. The molecule has 0 amide bonds. The first-order valence-electron chi connectivity index (χ1n) is 7.67. The predicted octanol–water partition coefficient (Wildman–Crippen LogP) is -1.03. The molecule has 74 valence electrons. The maximum atomic E-state index is 12.2. The lowest BCUT2D eigenvalue weighted by molar-refractivity contribution is 0.705. The summed E-state index contributed by atoms with van der Waals surface area (Å²) in [7, 11) is -0.662. The second-order valence-electron chi connectivity index (χ2n) is 2.57. The van der Waals surface area contributed by atoms with Crippen LogP contribution < -0.4 is 11.2 Å². The van der Waals surface area contributed by atoms with E-state index in [4.69, 9.17) is 11.0 Å². The summed E-state index contributed by atoms with van der Waals surface area (Å²) < 4.78 is 59.2. The molecule has 0 N–H and O–H groups in total. The van der Waals surface area contributed by atoms with E-state index in [1.54, 1.807) is 0 Å². The van der Waals surface area contributed by atoms with Gasteiger partial charge in [-0.1, -0.05) is 0 Å². The Hall–Kier alpha value is -1.85. The zero-order chi connectivity index (χ0) is 17.0. The fourth-order valence-electron chi connectivity index (χ4n) is 1.08. The van der Waals surface area contributed by atoms with E-state index in [1.807, 2.05) is 0 Å². The predicted molar refractivity (Wildman–Crippen MR) is 51.2 cm³/mol. The van der Waals surface area contributed by atoms with Crippen LogP contribution in [0, 0.1) is 0 Å². The fourth-order valence-corrected chi connectivity index (χ4v) is 1.08. The van der Waals surface area contributed by atoms with E-state index in [9.17, 15) is 9.59 Å². The quantitative estimate of drug-likeness (QED) is 0.549. The fraction of sp³-hybridized carbons (Fsp3) is 0.375. The van der Waals surface area contributed by atoms with Gasteiger partial charge in [0.1, 0.15) is 1.37 Å². The van der Waals surface area contributed by atoms with E-state index >= 15 is 0 Å². The molecule has 0 unspecified atom stereocenters. The number of aryl methyl sites for hydroxylation is 2. The smallest absolute Gasteiger partial charge is 0.328 e. The van der Waals surface area contributed by atoms with E-state index in [-0.39, 0.29) is 9.13 Å². The van der Waals surface area contributed by atoms with Gasteiger partial charge in [-0.3, -0.25) is 13.9 Å². The number of fused-ring (bicyclic) bond motifs is 1. The maximum Gasteiger partial charge on any atom is 0.332 e. The van der Waals surface area contributed by atoms with Crippen LogP contribution in [0.15, 0.2) is 15.9 Å². The van der Waals surface area contributed by atoms with Gasteiger partial charge in [0.2, 0.25) is 0 Å². The van der Waals surface area contributed by atoms with Crippen LogP contribution in [-0.4, -0.2) is 18.7 Å². The van der Waals surface area contributed by atoms with Gasteiger partial charge in [-0.25, -0.2) is 9.78 Å². The number of rotatable bonds is 0. The SMILES string of the molecule is [2H]Cn1c([2H])nc2c1c(=O)n(C([2H])([2H])[2H])c(=O)n2C([2H])([2H])[2H]. The van der Waals surface area contributed by atoms with Crippen molar-refractivity contribution >= 4 is 11.2 Å². The summed E-state index contributed by atoms with van der Waals surface area (Å²) in [5.41, 5.74) is -4.13. The molecule has 2 aromatic heterocycles. The van der Waals surface area contributed by atoms with Crippen molar-refractivity contribution in [2.75, 3.05) is 0 Å². The number of hydrogen-bond donors (Lipinski definition) is 0. The Kier molecular flexibility index (Phi) is 0.619. The average Bonchev–Trinajstić information content (AvgIpc) is 2.61. The molecule has 0 aliphatic rings. The first kappa shape index (κ1) is 3.38. The Morgan fingerprint density at radius 1 is 1.43 bits per heavy atom. The van der Waals surface area contributed by atoms with E-state index in [0.717, 1.165) is 0 Å². The number of imidazole rings is 1. The van der Waals surface area contributed by atoms with Crippen molar-refractivity contribution in [1.29, 1.82) is 0 Å². The molecule has 0 saturated carbocycles. The van der Waals surface area contributed by atoms with Crippen LogP contribution in [0.5, 0.6) is 0 Å². The van der Waals surface area contributed by atoms with E-state index in [2.05, 4.69) is 4.98 Å². The summed E-state index contributed by atoms with van der Waals surface area (Å²) in [5.74, 6) is 0. The van der Waals surface area contributed by atoms with E-state index in [0.29, 0.717) is 4.57 Å². The van der Waals surface area contributed by atoms with E-state index < -0.39 is 49.7 Å². The molecule has 0 atom stereocenters. The highest BCUT2D eigenvalue weighted by Gasteiger charge is 2.11. The Balaban J connectivity index is 3.21. The normalized spacial score (nSPS) is 21.1. The highest BCUT2D eigenvalue weighted by atomic mass is 16.2. The molecule has 0 bridgehead atoms. The monoisotopic (exact) mass is 202 g/mol. The van der Waals surface area contributed by atoms with Crippen LogP contribution in [0.1, 0.15) is 11.0 Å². The molecule has 14 heavy (non-hydrogen) atoms. The van der Waals surface area contributed by atoms with Crippen LogP contribution in [0.25, 0.3) is 11.2 Å². The highest BCUT2D eigenvalue weighted by Crippen LogP contribution is 2.01. The third-order valence-corrected chi connectivity index (χ3v) is 1.76. The average molecular weight is 202 g/mol. The molecule has 6 heteroatoms. The van der Waals surface area contributed by atoms with Gasteiger partial charge >= 0.3 is 5.69 Å². The van der Waals surface area contributed by atoms with Crippen molar-refractivity contribution < 1.29 is 11.0 Å². The van der Waals surface area contributed by atoms with Gasteiger partial charge in [0.15, 0.2) is 11.2 Å². The van der Waals surface area contributed by atoms with Crippen LogP contribution >= 0.6 is 0 Å². The van der Waals surface area contributed by atoms with Gasteiger partial charge in [-0.2, -0.15) is 0 Å². The molecule has 0 aliphatic heterocycles. The first-order valence-corrected chi connectivity index (χ1v) is 3.46. The van der Waals surface area contributed by atoms with Gasteiger partial charge in [0, 0.05) is 30.6 Å². The molecule has 0 aromatic carbocycles. The van der Waals surface area contributed by atoms with Gasteiger partial charge < -0.3 is 4.57 Å². The molecule has 0 fully saturated rings. The first-order chi connectivity index (χ1) is 9.91. The minimum atomic E-state index is -3.21. The van der Waals surface area contributed by atoms with Crippen molar-refractivity contribution in [2.45, 2.75) is 0 Å². The lowest BCUT2D eigenvalue weighted by Crippen LogP contribution is -2.37. The summed E-state index contributed by atoms with van der Waals surface area (Å²) in [6, 6.07) is 0. The van der Waals surface area contributed by atoms with Crippen molar-refractivity contribution in [3.05, 3.63) is 27.1 Å². The summed E-state index contributed by atoms with van der Waals surface area (Å²) in [6.07, 6.45) is -0.622. The largest absolute Gasteiger partial charge is 0.332 e. The van der Waals surface area contributed by atoms with Gasteiger partial charge in [0.05, 0.1) is 6.30 Å². The Labute approximate surface area is 90.3 Å². The Morgan fingerprint density at radius 2 is 2.21 bits per heavy atom. The summed E-state index contributed by atoms with van der Waals surface area (Å²) >= 11 is 0. The molecular weight excluding hydrogens is 184 g/mol. The van der Waals surface area contributed by atoms with E-state index in [1.165, 1.54) is 0 Å². The van der Waals surface area contributed by atoms with Crippen LogP contribution in [0.2, 0.25) is 0 Å². The van der Waals surface area contributed by atoms with Crippen molar-refractivity contribution in [3.63, 3.8) is 0 Å². The van der Waals surface area contributed by atoms with Crippen molar-refractivity contribution in [3.8, 4) is 0 Å². The van der Waals surface area contributed by atoms with Crippen LogP contribution in [-0.2, 0) is 21.0 Å². The summed E-state index contributed by atoms with van der Waals surface area (Å²) in [6.45, 7) is -6.32. The third-order valence-electron chi connectivity index (χ3n) is 1.76. The van der Waals surface area contributed by atoms with Crippen LogP contribution in [0.3, 0.4) is 0 Å². The molecular formula is C8H10N4O2. The molecule has 0 aliphatic carbocycles. The number of aromatic nitrogens is 4. The summed E-state index contributed by atoms with van der Waals surface area (Å²) in [5, 5.41) is 0. The second kappa shape index (κ2) is 2.57. The molecule has 0 spiro atoms. The van der Waals surface area contributed by atoms with Gasteiger partial charge in [-0.15, -0.1) is 0 Å². The number of hydrogen-bond acceptors (Lipinski definition) is 3. The maximum absolute atomic E-state index is 12.2. The zero-order valence-electron chi connectivity index (χ0n) is 14.8.